The number of aryl methyl sites for hydroxylation is 1. The van der Waals surface area contributed by atoms with Crippen molar-refractivity contribution in [3.63, 3.8) is 0 Å². The van der Waals surface area contributed by atoms with Crippen molar-refractivity contribution in [1.82, 2.24) is 5.01 Å². The van der Waals surface area contributed by atoms with Crippen LogP contribution in [0.15, 0.2) is 47.6 Å². The highest BCUT2D eigenvalue weighted by Gasteiger charge is 2.66. The smallest absolute Gasteiger partial charge is 0.271 e. The Hall–Kier alpha value is -3.88. The molecule has 0 saturated carbocycles. The number of imide groups is 1. The molecule has 2 aromatic rings. The summed E-state index contributed by atoms with van der Waals surface area (Å²) in [5.41, 5.74) is 1.42. The number of hydrogen-bond acceptors (Lipinski definition) is 7. The number of hydrazone groups is 1. The first kappa shape index (κ1) is 21.9. The molecule has 4 atom stereocenters. The van der Waals surface area contributed by atoms with Gasteiger partial charge in [-0.3, -0.25) is 29.5 Å². The zero-order chi connectivity index (χ0) is 24.5. The van der Waals surface area contributed by atoms with E-state index in [0.717, 1.165) is 16.0 Å². The van der Waals surface area contributed by atoms with E-state index in [0.29, 0.717) is 5.56 Å². The van der Waals surface area contributed by atoms with Crippen molar-refractivity contribution in [2.45, 2.75) is 39.8 Å². The number of nitro benzene ring substituents is 1. The molecule has 3 aliphatic heterocycles. The fourth-order valence-electron chi connectivity index (χ4n) is 5.30. The SMILES string of the molecule is Cc1ccc([N+](=O)[O-])cc1N1C(=O)C2C(C1=O)C1c3ccccc3C=NN1C2C(=O)C(C)(C)C. The molecule has 2 aromatic carbocycles. The highest BCUT2D eigenvalue weighted by molar-refractivity contribution is 6.24. The Bertz CT molecular complexity index is 1290. The molecule has 9 heteroatoms. The van der Waals surface area contributed by atoms with E-state index in [1.54, 1.807) is 38.9 Å². The maximum Gasteiger partial charge on any atom is 0.271 e. The number of hydrogen-bond donors (Lipinski definition) is 0. The number of nitro groups is 1. The lowest BCUT2D eigenvalue weighted by Crippen LogP contribution is -2.48. The lowest BCUT2D eigenvalue weighted by atomic mass is 9.79. The number of carbonyl (C=O) groups excluding carboxylic acids is 3. The van der Waals surface area contributed by atoms with Crippen LogP contribution in [0.1, 0.15) is 43.5 Å². The number of ketones is 1. The van der Waals surface area contributed by atoms with Crippen LogP contribution in [0.2, 0.25) is 0 Å². The maximum absolute atomic E-state index is 13.9. The predicted molar refractivity (Wildman–Crippen MR) is 124 cm³/mol. The van der Waals surface area contributed by atoms with Crippen molar-refractivity contribution in [3.05, 3.63) is 69.3 Å². The number of benzene rings is 2. The van der Waals surface area contributed by atoms with Gasteiger partial charge in [0.05, 0.1) is 34.7 Å². The van der Waals surface area contributed by atoms with Gasteiger partial charge in [-0.05, 0) is 23.6 Å². The number of non-ortho nitro benzene ring substituents is 1. The number of Topliss-reactive ketones (excluding diaryl/α,β-unsaturated/α-hetero) is 1. The Kier molecular flexibility index (Phi) is 4.72. The quantitative estimate of drug-likeness (QED) is 0.394. The van der Waals surface area contributed by atoms with E-state index in [1.165, 1.54) is 18.2 Å². The van der Waals surface area contributed by atoms with Crippen LogP contribution >= 0.6 is 0 Å². The zero-order valence-corrected chi connectivity index (χ0v) is 19.3. The minimum Gasteiger partial charge on any atom is -0.297 e. The molecule has 9 nitrogen and oxygen atoms in total. The third-order valence-corrected chi connectivity index (χ3v) is 6.95. The summed E-state index contributed by atoms with van der Waals surface area (Å²) in [5, 5.41) is 17.5. The Morgan fingerprint density at radius 2 is 1.74 bits per heavy atom. The van der Waals surface area contributed by atoms with Gasteiger partial charge in [-0.25, -0.2) is 4.90 Å². The van der Waals surface area contributed by atoms with Gasteiger partial charge < -0.3 is 0 Å². The van der Waals surface area contributed by atoms with Crippen molar-refractivity contribution in [3.8, 4) is 0 Å². The summed E-state index contributed by atoms with van der Waals surface area (Å²) in [4.78, 5) is 53.1. The number of carbonyl (C=O) groups is 3. The van der Waals surface area contributed by atoms with Crippen molar-refractivity contribution in [1.29, 1.82) is 0 Å². The minimum atomic E-state index is -0.939. The average molecular weight is 460 g/mol. The van der Waals surface area contributed by atoms with Gasteiger partial charge in [-0.2, -0.15) is 5.10 Å². The second-order valence-electron chi connectivity index (χ2n) is 10.0. The van der Waals surface area contributed by atoms with Crippen LogP contribution in [0.4, 0.5) is 11.4 Å². The summed E-state index contributed by atoms with van der Waals surface area (Å²) in [7, 11) is 0. The van der Waals surface area contributed by atoms with E-state index in [2.05, 4.69) is 5.10 Å². The molecule has 2 amide bonds. The second kappa shape index (κ2) is 7.31. The molecule has 0 aromatic heterocycles. The average Bonchev–Trinajstić information content (AvgIpc) is 3.25. The molecule has 2 saturated heterocycles. The lowest BCUT2D eigenvalue weighted by molar-refractivity contribution is -0.384. The van der Waals surface area contributed by atoms with Crippen LogP contribution in [0.3, 0.4) is 0 Å². The monoisotopic (exact) mass is 460 g/mol. The zero-order valence-electron chi connectivity index (χ0n) is 19.3. The molecule has 2 fully saturated rings. The first-order valence-electron chi connectivity index (χ1n) is 11.1. The number of rotatable bonds is 3. The van der Waals surface area contributed by atoms with E-state index in [4.69, 9.17) is 0 Å². The van der Waals surface area contributed by atoms with Gasteiger partial charge in [0.25, 0.3) is 5.69 Å². The standard InChI is InChI=1S/C25H24N4O5/c1-13-9-10-15(29(33)34)11-17(13)27-23(31)18-19(24(27)32)21(22(30)25(2,3)4)28-20(18)16-8-6-5-7-14(16)12-26-28/h5-12,18-21H,1-4H3. The third kappa shape index (κ3) is 2.99. The number of amides is 2. The summed E-state index contributed by atoms with van der Waals surface area (Å²) in [6.07, 6.45) is 1.66. The highest BCUT2D eigenvalue weighted by atomic mass is 16.6. The van der Waals surface area contributed by atoms with Crippen LogP contribution < -0.4 is 4.90 Å². The topological polar surface area (TPSA) is 113 Å². The van der Waals surface area contributed by atoms with Crippen LogP contribution in [0.5, 0.6) is 0 Å². The van der Waals surface area contributed by atoms with Gasteiger partial charge in [0.1, 0.15) is 6.04 Å². The molecule has 3 aliphatic rings. The molecule has 5 rings (SSSR count). The largest absolute Gasteiger partial charge is 0.297 e. The molecule has 0 N–H and O–H groups in total. The Labute approximate surface area is 196 Å². The molecule has 0 radical (unpaired) electrons. The first-order valence-corrected chi connectivity index (χ1v) is 11.1. The molecule has 0 aliphatic carbocycles. The van der Waals surface area contributed by atoms with Gasteiger partial charge in [0.15, 0.2) is 5.78 Å². The molecular formula is C25H24N4O5. The minimum absolute atomic E-state index is 0.180. The number of nitrogens with zero attached hydrogens (tertiary/aromatic N) is 4. The van der Waals surface area contributed by atoms with Crippen LogP contribution in [-0.4, -0.2) is 39.8 Å². The first-order chi connectivity index (χ1) is 16.0. The van der Waals surface area contributed by atoms with Crippen molar-refractivity contribution < 1.29 is 19.3 Å². The van der Waals surface area contributed by atoms with Gasteiger partial charge in [-0.15, -0.1) is 0 Å². The lowest BCUT2D eigenvalue weighted by Gasteiger charge is -2.35. The maximum atomic E-state index is 13.9. The van der Waals surface area contributed by atoms with E-state index >= 15 is 0 Å². The normalized spacial score (nSPS) is 25.3. The summed E-state index contributed by atoms with van der Waals surface area (Å²) in [6.45, 7) is 7.03. The Morgan fingerprint density at radius 1 is 1.06 bits per heavy atom. The Morgan fingerprint density at radius 3 is 2.41 bits per heavy atom. The summed E-state index contributed by atoms with van der Waals surface area (Å²) >= 11 is 0. The van der Waals surface area contributed by atoms with Gasteiger partial charge in [0, 0.05) is 17.5 Å². The predicted octanol–water partition coefficient (Wildman–Crippen LogP) is 3.40. The summed E-state index contributed by atoms with van der Waals surface area (Å²) < 4.78 is 0. The van der Waals surface area contributed by atoms with Crippen LogP contribution in [0, 0.1) is 34.3 Å². The molecule has 0 spiro atoms. The number of fused-ring (bicyclic) bond motifs is 5. The Balaban J connectivity index is 1.68. The van der Waals surface area contributed by atoms with E-state index in [1.807, 2.05) is 24.3 Å². The van der Waals surface area contributed by atoms with E-state index < -0.39 is 46.1 Å². The van der Waals surface area contributed by atoms with Crippen LogP contribution in [0.25, 0.3) is 0 Å². The van der Waals surface area contributed by atoms with Gasteiger partial charge in [-0.1, -0.05) is 51.1 Å². The summed E-state index contributed by atoms with van der Waals surface area (Å²) in [5.74, 6) is -2.94. The molecule has 174 valence electrons. The highest BCUT2D eigenvalue weighted by Crippen LogP contribution is 2.54. The van der Waals surface area contributed by atoms with E-state index in [-0.39, 0.29) is 17.2 Å². The van der Waals surface area contributed by atoms with Crippen molar-refractivity contribution in [2.75, 3.05) is 4.90 Å². The van der Waals surface area contributed by atoms with Crippen LogP contribution in [-0.2, 0) is 14.4 Å². The fourth-order valence-corrected chi connectivity index (χ4v) is 5.30. The van der Waals surface area contributed by atoms with Crippen molar-refractivity contribution >= 4 is 35.2 Å². The number of anilines is 1. The molecule has 4 unspecified atom stereocenters. The molecule has 3 heterocycles. The fraction of sp³-hybridized carbons (Fsp3) is 0.360. The molecular weight excluding hydrogens is 436 g/mol. The van der Waals surface area contributed by atoms with Gasteiger partial charge >= 0.3 is 0 Å². The summed E-state index contributed by atoms with van der Waals surface area (Å²) in [6, 6.07) is 10.1. The molecule has 0 bridgehead atoms. The third-order valence-electron chi connectivity index (χ3n) is 6.95. The van der Waals surface area contributed by atoms with Gasteiger partial charge in [0.2, 0.25) is 11.8 Å². The van der Waals surface area contributed by atoms with Crippen molar-refractivity contribution in [2.24, 2.45) is 22.4 Å². The van der Waals surface area contributed by atoms with E-state index in [9.17, 15) is 24.5 Å². The second-order valence-corrected chi connectivity index (χ2v) is 10.0. The molecule has 34 heavy (non-hydrogen) atoms.